The molecule has 0 bridgehead atoms. The molecular weight excluding hydrogens is 196 g/mol. The smallest absolute Gasteiger partial charge is 0.407 e. The highest BCUT2D eigenvalue weighted by molar-refractivity contribution is 5.67. The van der Waals surface area contributed by atoms with Crippen LogP contribution in [-0.2, 0) is 9.47 Å². The van der Waals surface area contributed by atoms with Gasteiger partial charge in [-0.05, 0) is 0 Å². The second kappa shape index (κ2) is 5.32. The van der Waals surface area contributed by atoms with E-state index in [-0.39, 0.29) is 12.2 Å². The molecule has 1 N–H and O–H groups in total. The van der Waals surface area contributed by atoms with Crippen molar-refractivity contribution in [2.24, 2.45) is 0 Å². The standard InChI is InChI=1S/C10H20N2O3/c1-12(2,3)6-4-5-11-10(13)15-8-9-7-14-9/h9H,4-8H2,1-3H3/p+1. The Morgan fingerprint density at radius 1 is 1.53 bits per heavy atom. The normalized spacial score (nSPS) is 19.8. The highest BCUT2D eigenvalue weighted by atomic mass is 16.6. The Kier molecular flexibility index (Phi) is 4.35. The Bertz CT molecular complexity index is 209. The molecule has 5 nitrogen and oxygen atoms in total. The summed E-state index contributed by atoms with van der Waals surface area (Å²) in [6.45, 7) is 2.79. The van der Waals surface area contributed by atoms with Gasteiger partial charge in [0.1, 0.15) is 12.7 Å². The van der Waals surface area contributed by atoms with Crippen LogP contribution in [0.15, 0.2) is 0 Å². The fourth-order valence-electron chi connectivity index (χ4n) is 1.13. The van der Waals surface area contributed by atoms with Crippen molar-refractivity contribution in [3.8, 4) is 0 Å². The van der Waals surface area contributed by atoms with Gasteiger partial charge in [0.25, 0.3) is 0 Å². The van der Waals surface area contributed by atoms with Crippen LogP contribution in [0.25, 0.3) is 0 Å². The van der Waals surface area contributed by atoms with Gasteiger partial charge in [-0.1, -0.05) is 0 Å². The van der Waals surface area contributed by atoms with Gasteiger partial charge >= 0.3 is 6.09 Å². The number of nitrogens with one attached hydrogen (secondary N) is 1. The fourth-order valence-corrected chi connectivity index (χ4v) is 1.13. The molecule has 0 radical (unpaired) electrons. The predicted octanol–water partition coefficient (Wildman–Crippen LogP) is 0.208. The van der Waals surface area contributed by atoms with Gasteiger partial charge in [0.15, 0.2) is 0 Å². The van der Waals surface area contributed by atoms with Gasteiger partial charge in [-0.15, -0.1) is 0 Å². The second-order valence-electron chi connectivity index (χ2n) is 4.85. The molecule has 1 rings (SSSR count). The molecule has 1 unspecified atom stereocenters. The SMILES string of the molecule is C[N+](C)(C)CCCNC(=O)OCC1CO1. The molecule has 1 heterocycles. The predicted molar refractivity (Wildman–Crippen MR) is 56.6 cm³/mol. The van der Waals surface area contributed by atoms with Crippen LogP contribution in [0.4, 0.5) is 4.79 Å². The van der Waals surface area contributed by atoms with Gasteiger partial charge in [0, 0.05) is 13.0 Å². The van der Waals surface area contributed by atoms with Crippen LogP contribution in [0.5, 0.6) is 0 Å². The molecule has 0 spiro atoms. The summed E-state index contributed by atoms with van der Waals surface area (Å²) in [5.74, 6) is 0. The molecule has 0 aromatic heterocycles. The molecule has 1 fully saturated rings. The minimum absolute atomic E-state index is 0.141. The number of ether oxygens (including phenoxy) is 2. The maximum atomic E-state index is 11.1. The lowest BCUT2D eigenvalue weighted by Gasteiger charge is -2.23. The van der Waals surface area contributed by atoms with E-state index in [0.717, 1.165) is 24.1 Å². The maximum Gasteiger partial charge on any atom is 0.407 e. The number of hydrogen-bond acceptors (Lipinski definition) is 3. The molecule has 0 aromatic rings. The summed E-state index contributed by atoms with van der Waals surface area (Å²) in [4.78, 5) is 11.1. The zero-order valence-corrected chi connectivity index (χ0v) is 9.78. The van der Waals surface area contributed by atoms with Crippen molar-refractivity contribution in [3.63, 3.8) is 0 Å². The number of quaternary nitrogens is 1. The average molecular weight is 217 g/mol. The number of carbonyl (C=O) groups is 1. The van der Waals surface area contributed by atoms with Crippen molar-refractivity contribution in [3.05, 3.63) is 0 Å². The molecule has 5 heteroatoms. The molecule has 1 atom stereocenters. The Balaban J connectivity index is 1.91. The minimum atomic E-state index is -0.341. The first-order chi connectivity index (χ1) is 6.97. The molecular formula is C10H21N2O3+. The molecule has 0 saturated carbocycles. The third-order valence-corrected chi connectivity index (χ3v) is 2.08. The van der Waals surface area contributed by atoms with E-state index in [4.69, 9.17) is 9.47 Å². The van der Waals surface area contributed by atoms with E-state index < -0.39 is 0 Å². The molecule has 1 saturated heterocycles. The fraction of sp³-hybridized carbons (Fsp3) is 0.900. The zero-order valence-electron chi connectivity index (χ0n) is 9.78. The number of rotatable bonds is 6. The minimum Gasteiger partial charge on any atom is -0.447 e. The summed E-state index contributed by atoms with van der Waals surface area (Å²) in [5.41, 5.74) is 0. The lowest BCUT2D eigenvalue weighted by Crippen LogP contribution is -2.37. The summed E-state index contributed by atoms with van der Waals surface area (Å²) in [7, 11) is 6.38. The van der Waals surface area contributed by atoms with Crippen molar-refractivity contribution in [1.29, 1.82) is 0 Å². The number of alkyl carbamates (subject to hydrolysis) is 1. The summed E-state index contributed by atoms with van der Waals surface area (Å²) >= 11 is 0. The average Bonchev–Trinajstić information content (AvgIpc) is 2.91. The van der Waals surface area contributed by atoms with Gasteiger partial charge in [-0.2, -0.15) is 0 Å². The maximum absolute atomic E-state index is 11.1. The summed E-state index contributed by atoms with van der Waals surface area (Å²) in [6.07, 6.45) is 0.757. The van der Waals surface area contributed by atoms with Crippen molar-refractivity contribution in [2.75, 3.05) is 47.4 Å². The van der Waals surface area contributed by atoms with Crippen LogP contribution >= 0.6 is 0 Å². The van der Waals surface area contributed by atoms with Crippen molar-refractivity contribution >= 4 is 6.09 Å². The topological polar surface area (TPSA) is 50.9 Å². The van der Waals surface area contributed by atoms with E-state index in [1.807, 2.05) is 0 Å². The van der Waals surface area contributed by atoms with E-state index in [1.165, 1.54) is 0 Å². The first-order valence-electron chi connectivity index (χ1n) is 5.30. The number of epoxide rings is 1. The van der Waals surface area contributed by atoms with Crippen LogP contribution in [0.3, 0.4) is 0 Å². The highest BCUT2D eigenvalue weighted by Crippen LogP contribution is 2.08. The van der Waals surface area contributed by atoms with Gasteiger partial charge in [-0.25, -0.2) is 4.79 Å². The Morgan fingerprint density at radius 3 is 2.73 bits per heavy atom. The van der Waals surface area contributed by atoms with Crippen LogP contribution < -0.4 is 5.32 Å². The van der Waals surface area contributed by atoms with Crippen molar-refractivity contribution in [1.82, 2.24) is 5.32 Å². The zero-order chi connectivity index (χ0) is 11.3. The van der Waals surface area contributed by atoms with Gasteiger partial charge < -0.3 is 19.3 Å². The molecule has 1 amide bonds. The first kappa shape index (κ1) is 12.3. The molecule has 88 valence electrons. The quantitative estimate of drug-likeness (QED) is 0.393. The molecule has 1 aliphatic rings. The van der Waals surface area contributed by atoms with E-state index >= 15 is 0 Å². The Labute approximate surface area is 90.9 Å². The number of amides is 1. The molecule has 0 aliphatic carbocycles. The van der Waals surface area contributed by atoms with Gasteiger partial charge in [0.05, 0.1) is 34.3 Å². The largest absolute Gasteiger partial charge is 0.447 e. The Morgan fingerprint density at radius 2 is 2.20 bits per heavy atom. The van der Waals surface area contributed by atoms with E-state index in [2.05, 4.69) is 26.5 Å². The highest BCUT2D eigenvalue weighted by Gasteiger charge is 2.24. The third-order valence-electron chi connectivity index (χ3n) is 2.08. The first-order valence-corrected chi connectivity index (χ1v) is 5.30. The van der Waals surface area contributed by atoms with Crippen molar-refractivity contribution in [2.45, 2.75) is 12.5 Å². The summed E-state index contributed by atoms with van der Waals surface area (Å²) < 4.78 is 10.7. The van der Waals surface area contributed by atoms with E-state index in [1.54, 1.807) is 0 Å². The molecule has 15 heavy (non-hydrogen) atoms. The number of carbonyl (C=O) groups excluding carboxylic acids is 1. The van der Waals surface area contributed by atoms with Gasteiger partial charge in [0.2, 0.25) is 0 Å². The number of nitrogens with zero attached hydrogens (tertiary/aromatic N) is 1. The van der Waals surface area contributed by atoms with Crippen molar-refractivity contribution < 1.29 is 18.8 Å². The van der Waals surface area contributed by atoms with Crippen LogP contribution in [0, 0.1) is 0 Å². The number of hydrogen-bond donors (Lipinski definition) is 1. The summed E-state index contributed by atoms with van der Waals surface area (Å²) in [6, 6.07) is 0. The second-order valence-corrected chi connectivity index (χ2v) is 4.85. The van der Waals surface area contributed by atoms with E-state index in [9.17, 15) is 4.79 Å². The lowest BCUT2D eigenvalue weighted by atomic mass is 10.4. The lowest BCUT2D eigenvalue weighted by molar-refractivity contribution is -0.870. The van der Waals surface area contributed by atoms with E-state index in [0.29, 0.717) is 13.2 Å². The van der Waals surface area contributed by atoms with Gasteiger partial charge in [-0.3, -0.25) is 0 Å². The van der Waals surface area contributed by atoms with Crippen LogP contribution in [0.1, 0.15) is 6.42 Å². The third kappa shape index (κ3) is 7.16. The molecule has 0 aromatic carbocycles. The monoisotopic (exact) mass is 217 g/mol. The molecule has 1 aliphatic heterocycles. The van der Waals surface area contributed by atoms with Crippen LogP contribution in [-0.4, -0.2) is 64.1 Å². The van der Waals surface area contributed by atoms with Crippen LogP contribution in [0.2, 0.25) is 0 Å². The summed E-state index contributed by atoms with van der Waals surface area (Å²) in [5, 5.41) is 2.71. The Hall–Kier alpha value is -0.810.